The first-order valence-corrected chi connectivity index (χ1v) is 2.59. The van der Waals surface area contributed by atoms with Gasteiger partial charge in [-0.15, -0.1) is 12.4 Å². The Bertz CT molecular complexity index is 77.4. The lowest BCUT2D eigenvalue weighted by molar-refractivity contribution is 0.196. The third kappa shape index (κ3) is 11.3. The van der Waals surface area contributed by atoms with Crippen molar-refractivity contribution in [3.8, 4) is 0 Å². The number of amidine groups is 1. The van der Waals surface area contributed by atoms with Gasteiger partial charge in [-0.05, 0) is 6.42 Å². The van der Waals surface area contributed by atoms with E-state index in [-0.39, 0.29) is 18.2 Å². The van der Waals surface area contributed by atoms with E-state index in [0.29, 0.717) is 13.0 Å². The van der Waals surface area contributed by atoms with Crippen LogP contribution in [0.4, 0.5) is 0 Å². The largest absolute Gasteiger partial charge is 0.388 e. The van der Waals surface area contributed by atoms with Gasteiger partial charge in [0.25, 0.3) is 0 Å². The van der Waals surface area contributed by atoms with Crippen LogP contribution in [0.15, 0.2) is 0 Å². The summed E-state index contributed by atoms with van der Waals surface area (Å²) in [7, 11) is 1.64. The summed E-state index contributed by atoms with van der Waals surface area (Å²) in [6, 6.07) is 0. The minimum atomic E-state index is 0. The number of hydrogen-bond donors (Lipinski definition) is 2. The molecule has 56 valence electrons. The third-order valence-electron chi connectivity index (χ3n) is 0.795. The van der Waals surface area contributed by atoms with Crippen LogP contribution in [0.25, 0.3) is 0 Å². The van der Waals surface area contributed by atoms with Crippen LogP contribution in [0.5, 0.6) is 0 Å². The second kappa shape index (κ2) is 7.72. The van der Waals surface area contributed by atoms with Gasteiger partial charge in [0, 0.05) is 20.1 Å². The fourth-order valence-electron chi connectivity index (χ4n) is 0.407. The number of ether oxygens (including phenoxy) is 1. The van der Waals surface area contributed by atoms with E-state index in [1.165, 1.54) is 0 Å². The Morgan fingerprint density at radius 3 is 2.56 bits per heavy atom. The maximum Gasteiger partial charge on any atom is 0.0906 e. The molecule has 0 aromatic carbocycles. The van der Waals surface area contributed by atoms with Crippen LogP contribution >= 0.6 is 12.4 Å². The Balaban J connectivity index is 0. The van der Waals surface area contributed by atoms with E-state index >= 15 is 0 Å². The summed E-state index contributed by atoms with van der Waals surface area (Å²) in [5.74, 6) is 0.238. The van der Waals surface area contributed by atoms with E-state index in [2.05, 4.69) is 0 Å². The quantitative estimate of drug-likeness (QED) is 0.355. The van der Waals surface area contributed by atoms with Gasteiger partial charge in [-0.1, -0.05) is 0 Å². The number of hydrogen-bond acceptors (Lipinski definition) is 2. The molecule has 0 aromatic rings. The number of nitrogens with one attached hydrogen (secondary N) is 1. The van der Waals surface area contributed by atoms with Crippen molar-refractivity contribution in [3.63, 3.8) is 0 Å². The summed E-state index contributed by atoms with van der Waals surface area (Å²) in [5, 5.41) is 6.79. The van der Waals surface area contributed by atoms with E-state index < -0.39 is 0 Å². The second-order valence-corrected chi connectivity index (χ2v) is 1.62. The maximum absolute atomic E-state index is 6.79. The summed E-state index contributed by atoms with van der Waals surface area (Å²) in [5.41, 5.74) is 5.06. The average Bonchev–Trinajstić information content (AvgIpc) is 1.66. The number of methoxy groups -OCH3 is 1. The summed E-state index contributed by atoms with van der Waals surface area (Å²) in [6.45, 7) is 0.694. The van der Waals surface area contributed by atoms with Gasteiger partial charge in [-0.2, -0.15) is 0 Å². The molecular weight excluding hydrogens is 140 g/mol. The Kier molecular flexibility index (Phi) is 9.87. The highest BCUT2D eigenvalue weighted by molar-refractivity contribution is 5.85. The van der Waals surface area contributed by atoms with Crippen LogP contribution in [0, 0.1) is 5.41 Å². The van der Waals surface area contributed by atoms with E-state index in [9.17, 15) is 0 Å². The SMILES string of the molecule is COCCCC(=N)N.Cl. The molecule has 0 bridgehead atoms. The van der Waals surface area contributed by atoms with E-state index in [1.807, 2.05) is 0 Å². The molecular formula is C5H13ClN2O. The number of rotatable bonds is 4. The standard InChI is InChI=1S/C5H12N2O.ClH/c1-8-4-2-3-5(6)7;/h2-4H2,1H3,(H3,6,7);1H. The first kappa shape index (κ1) is 11.5. The first-order chi connectivity index (χ1) is 3.77. The van der Waals surface area contributed by atoms with Crippen LogP contribution in [0.1, 0.15) is 12.8 Å². The molecule has 0 amide bonds. The molecule has 0 aromatic heterocycles. The predicted octanol–water partition coefficient (Wildman–Crippen LogP) is 0.771. The van der Waals surface area contributed by atoms with Crippen LogP contribution < -0.4 is 5.73 Å². The van der Waals surface area contributed by atoms with Crippen molar-refractivity contribution >= 4 is 18.2 Å². The second-order valence-electron chi connectivity index (χ2n) is 1.62. The minimum absolute atomic E-state index is 0. The molecule has 3 N–H and O–H groups in total. The molecule has 0 aliphatic heterocycles. The van der Waals surface area contributed by atoms with Gasteiger partial charge in [-0.25, -0.2) is 0 Å². The molecule has 0 fully saturated rings. The van der Waals surface area contributed by atoms with Crippen molar-refractivity contribution in [1.29, 1.82) is 5.41 Å². The highest BCUT2D eigenvalue weighted by atomic mass is 35.5. The number of halogens is 1. The van der Waals surface area contributed by atoms with Crippen LogP contribution in [-0.4, -0.2) is 19.6 Å². The van der Waals surface area contributed by atoms with Crippen molar-refractivity contribution in [2.75, 3.05) is 13.7 Å². The topological polar surface area (TPSA) is 59.1 Å². The highest BCUT2D eigenvalue weighted by Gasteiger charge is 1.86. The molecule has 0 atom stereocenters. The van der Waals surface area contributed by atoms with Gasteiger partial charge in [-0.3, -0.25) is 5.41 Å². The molecule has 0 heterocycles. The Labute approximate surface area is 61.5 Å². The van der Waals surface area contributed by atoms with E-state index in [4.69, 9.17) is 15.9 Å². The Morgan fingerprint density at radius 1 is 1.67 bits per heavy atom. The Morgan fingerprint density at radius 2 is 2.22 bits per heavy atom. The van der Waals surface area contributed by atoms with Gasteiger partial charge in [0.1, 0.15) is 0 Å². The van der Waals surface area contributed by atoms with Crippen molar-refractivity contribution in [2.24, 2.45) is 5.73 Å². The van der Waals surface area contributed by atoms with Crippen LogP contribution in [-0.2, 0) is 4.74 Å². The fourth-order valence-corrected chi connectivity index (χ4v) is 0.407. The zero-order valence-corrected chi connectivity index (χ0v) is 6.33. The third-order valence-corrected chi connectivity index (χ3v) is 0.795. The summed E-state index contributed by atoms with van der Waals surface area (Å²) in [4.78, 5) is 0. The van der Waals surface area contributed by atoms with Crippen molar-refractivity contribution in [1.82, 2.24) is 0 Å². The molecule has 4 heteroatoms. The van der Waals surface area contributed by atoms with Crippen LogP contribution in [0.2, 0.25) is 0 Å². The Hall–Kier alpha value is -0.280. The molecule has 0 rings (SSSR count). The fraction of sp³-hybridized carbons (Fsp3) is 0.800. The van der Waals surface area contributed by atoms with Gasteiger partial charge in [0.2, 0.25) is 0 Å². The number of nitrogens with two attached hydrogens (primary N) is 1. The summed E-state index contributed by atoms with van der Waals surface area (Å²) >= 11 is 0. The first-order valence-electron chi connectivity index (χ1n) is 2.59. The monoisotopic (exact) mass is 152 g/mol. The molecule has 0 unspecified atom stereocenters. The summed E-state index contributed by atoms with van der Waals surface area (Å²) in [6.07, 6.45) is 1.50. The normalized spacial score (nSPS) is 8.11. The lowest BCUT2D eigenvalue weighted by Gasteiger charge is -1.94. The molecule has 0 saturated carbocycles. The lowest BCUT2D eigenvalue weighted by atomic mass is 10.3. The van der Waals surface area contributed by atoms with Gasteiger partial charge >= 0.3 is 0 Å². The van der Waals surface area contributed by atoms with Gasteiger partial charge in [0.05, 0.1) is 5.84 Å². The van der Waals surface area contributed by atoms with E-state index in [1.54, 1.807) is 7.11 Å². The van der Waals surface area contributed by atoms with E-state index in [0.717, 1.165) is 6.42 Å². The molecule has 0 aliphatic rings. The zero-order valence-electron chi connectivity index (χ0n) is 5.52. The minimum Gasteiger partial charge on any atom is -0.388 e. The lowest BCUT2D eigenvalue weighted by Crippen LogP contribution is -2.09. The molecule has 0 spiro atoms. The van der Waals surface area contributed by atoms with Crippen molar-refractivity contribution < 1.29 is 4.74 Å². The molecule has 0 aliphatic carbocycles. The molecule has 3 nitrogen and oxygen atoms in total. The molecule has 0 saturated heterocycles. The molecule has 0 radical (unpaired) electrons. The average molecular weight is 153 g/mol. The van der Waals surface area contributed by atoms with Crippen molar-refractivity contribution in [3.05, 3.63) is 0 Å². The van der Waals surface area contributed by atoms with Gasteiger partial charge < -0.3 is 10.5 Å². The zero-order chi connectivity index (χ0) is 6.41. The maximum atomic E-state index is 6.79. The summed E-state index contributed by atoms with van der Waals surface area (Å²) < 4.78 is 4.74. The predicted molar refractivity (Wildman–Crippen MR) is 40.3 cm³/mol. The highest BCUT2D eigenvalue weighted by Crippen LogP contribution is 1.85. The molecule has 9 heavy (non-hydrogen) atoms. The van der Waals surface area contributed by atoms with Gasteiger partial charge in [0.15, 0.2) is 0 Å². The smallest absolute Gasteiger partial charge is 0.0906 e. The van der Waals surface area contributed by atoms with Crippen molar-refractivity contribution in [2.45, 2.75) is 12.8 Å². The van der Waals surface area contributed by atoms with Crippen LogP contribution in [0.3, 0.4) is 0 Å².